The molecule has 0 aliphatic heterocycles. The molecule has 1 aromatic rings. The average molecular weight is 352 g/mol. The summed E-state index contributed by atoms with van der Waals surface area (Å²) in [6, 6.07) is 3.76. The Morgan fingerprint density at radius 2 is 1.78 bits per heavy atom. The van der Waals surface area contributed by atoms with Crippen LogP contribution < -0.4 is 5.32 Å². The summed E-state index contributed by atoms with van der Waals surface area (Å²) >= 11 is 8.50. The van der Waals surface area contributed by atoms with Gasteiger partial charge >= 0.3 is 18.0 Å². The molecule has 0 heterocycles. The Balaban J connectivity index is 2.98. The Bertz CT molecular complexity index is 477. The quantitative estimate of drug-likeness (QED) is 0.793. The van der Waals surface area contributed by atoms with Crippen molar-refractivity contribution < 1.29 is 26.7 Å². The molecule has 9 heteroatoms. The fourth-order valence-electron chi connectivity index (χ4n) is 0.923. The molecule has 0 aromatic heterocycles. The van der Waals surface area contributed by atoms with E-state index in [1.54, 1.807) is 0 Å². The van der Waals surface area contributed by atoms with Crippen LogP contribution in [0.25, 0.3) is 0 Å². The number of halogens is 7. The summed E-state index contributed by atoms with van der Waals surface area (Å²) in [5, 5.41) is 1.26. The lowest BCUT2D eigenvalue weighted by atomic mass is 10.2. The summed E-state index contributed by atoms with van der Waals surface area (Å²) in [6.07, 6.45) is -5.96. The van der Waals surface area contributed by atoms with E-state index in [0.29, 0.717) is 4.47 Å². The first-order chi connectivity index (χ1) is 8.05. The molecule has 0 saturated carbocycles. The number of rotatable bonds is 2. The van der Waals surface area contributed by atoms with E-state index in [9.17, 15) is 26.7 Å². The van der Waals surface area contributed by atoms with Gasteiger partial charge in [-0.05, 0) is 18.2 Å². The van der Waals surface area contributed by atoms with Gasteiger partial charge in [0.25, 0.3) is 0 Å². The zero-order chi connectivity index (χ0) is 14.1. The minimum absolute atomic E-state index is 0.162. The first-order valence-electron chi connectivity index (χ1n) is 4.27. The number of hydrogen-bond donors (Lipinski definition) is 1. The lowest BCUT2D eigenvalue weighted by Gasteiger charge is -2.19. The molecular formula is C9H4BrClF5NO. The van der Waals surface area contributed by atoms with Crippen molar-refractivity contribution in [2.75, 3.05) is 5.32 Å². The van der Waals surface area contributed by atoms with Crippen molar-refractivity contribution in [1.82, 2.24) is 0 Å². The molecule has 1 N–H and O–H groups in total. The monoisotopic (exact) mass is 351 g/mol. The van der Waals surface area contributed by atoms with E-state index < -0.39 is 18.0 Å². The van der Waals surface area contributed by atoms with Crippen LogP contribution in [-0.2, 0) is 4.79 Å². The van der Waals surface area contributed by atoms with Crippen molar-refractivity contribution in [2.45, 2.75) is 12.1 Å². The maximum Gasteiger partial charge on any atom is 0.463 e. The van der Waals surface area contributed by atoms with E-state index in [4.69, 9.17) is 11.6 Å². The zero-order valence-electron chi connectivity index (χ0n) is 8.29. The van der Waals surface area contributed by atoms with Gasteiger partial charge in [0, 0.05) is 4.47 Å². The summed E-state index contributed by atoms with van der Waals surface area (Å²) in [5.41, 5.74) is -0.347. The van der Waals surface area contributed by atoms with Gasteiger partial charge in [-0.1, -0.05) is 27.5 Å². The highest BCUT2D eigenvalue weighted by molar-refractivity contribution is 9.10. The molecule has 2 nitrogen and oxygen atoms in total. The van der Waals surface area contributed by atoms with Gasteiger partial charge in [-0.2, -0.15) is 22.0 Å². The van der Waals surface area contributed by atoms with Crippen molar-refractivity contribution in [1.29, 1.82) is 0 Å². The minimum Gasteiger partial charge on any atom is -0.319 e. The van der Waals surface area contributed by atoms with Gasteiger partial charge in [0.05, 0.1) is 10.7 Å². The molecule has 1 amide bonds. The van der Waals surface area contributed by atoms with E-state index >= 15 is 0 Å². The molecule has 1 aromatic carbocycles. The number of amides is 1. The zero-order valence-corrected chi connectivity index (χ0v) is 10.6. The predicted molar refractivity (Wildman–Crippen MR) is 58.8 cm³/mol. The molecule has 100 valence electrons. The van der Waals surface area contributed by atoms with Gasteiger partial charge in [0.1, 0.15) is 0 Å². The number of hydrogen-bond acceptors (Lipinski definition) is 1. The first-order valence-corrected chi connectivity index (χ1v) is 5.44. The van der Waals surface area contributed by atoms with Crippen molar-refractivity contribution in [3.63, 3.8) is 0 Å². The van der Waals surface area contributed by atoms with Crippen LogP contribution in [0.2, 0.25) is 5.02 Å². The number of carbonyl (C=O) groups excluding carboxylic acids is 1. The third-order valence-corrected chi connectivity index (χ3v) is 2.64. The van der Waals surface area contributed by atoms with Gasteiger partial charge in [-0.25, -0.2) is 0 Å². The van der Waals surface area contributed by atoms with Gasteiger partial charge in [0.2, 0.25) is 0 Å². The highest BCUT2D eigenvalue weighted by Crippen LogP contribution is 2.37. The molecule has 0 aliphatic rings. The van der Waals surface area contributed by atoms with Crippen molar-refractivity contribution in [2.24, 2.45) is 0 Å². The second-order valence-electron chi connectivity index (χ2n) is 3.15. The largest absolute Gasteiger partial charge is 0.463 e. The fourth-order valence-corrected chi connectivity index (χ4v) is 1.45. The highest BCUT2D eigenvalue weighted by atomic mass is 79.9. The molecular weight excluding hydrogens is 348 g/mol. The second kappa shape index (κ2) is 5.00. The number of benzene rings is 1. The second-order valence-corrected chi connectivity index (χ2v) is 4.47. The molecule has 0 fully saturated rings. The lowest BCUT2D eigenvalue weighted by molar-refractivity contribution is -0.267. The molecule has 18 heavy (non-hydrogen) atoms. The van der Waals surface area contributed by atoms with Crippen LogP contribution in [0.15, 0.2) is 22.7 Å². The summed E-state index contributed by atoms with van der Waals surface area (Å²) in [6.45, 7) is 0. The summed E-state index contributed by atoms with van der Waals surface area (Å²) < 4.78 is 61.4. The van der Waals surface area contributed by atoms with Crippen LogP contribution in [0, 0.1) is 0 Å². The van der Waals surface area contributed by atoms with Crippen LogP contribution in [0.5, 0.6) is 0 Å². The maximum atomic E-state index is 12.7. The van der Waals surface area contributed by atoms with Gasteiger partial charge < -0.3 is 5.32 Å². The normalized spacial score (nSPS) is 12.4. The highest BCUT2D eigenvalue weighted by Gasteiger charge is 2.63. The number of carbonyl (C=O) groups is 1. The van der Waals surface area contributed by atoms with Crippen LogP contribution in [0.3, 0.4) is 0 Å². The molecule has 0 atom stereocenters. The molecule has 0 bridgehead atoms. The summed E-state index contributed by atoms with van der Waals surface area (Å²) in [5.74, 6) is -7.98. The Morgan fingerprint density at radius 3 is 2.28 bits per heavy atom. The Hall–Kier alpha value is -0.890. The maximum absolute atomic E-state index is 12.7. The first kappa shape index (κ1) is 15.2. The molecule has 0 saturated heterocycles. The van der Waals surface area contributed by atoms with Gasteiger partial charge in [0.15, 0.2) is 0 Å². The third-order valence-electron chi connectivity index (χ3n) is 1.82. The van der Waals surface area contributed by atoms with Crippen molar-refractivity contribution >= 4 is 39.1 Å². The predicted octanol–water partition coefficient (Wildman–Crippen LogP) is 4.24. The SMILES string of the molecule is O=C(Nc1cc(Br)ccc1Cl)C(F)(F)C(F)(F)F. The Morgan fingerprint density at radius 1 is 1.22 bits per heavy atom. The molecule has 0 radical (unpaired) electrons. The Labute approximate surface area is 111 Å². The smallest absolute Gasteiger partial charge is 0.319 e. The average Bonchev–Trinajstić information content (AvgIpc) is 2.21. The summed E-state index contributed by atoms with van der Waals surface area (Å²) in [7, 11) is 0. The minimum atomic E-state index is -5.96. The van der Waals surface area contributed by atoms with Crippen LogP contribution in [-0.4, -0.2) is 18.0 Å². The van der Waals surface area contributed by atoms with Crippen LogP contribution in [0.4, 0.5) is 27.6 Å². The number of anilines is 1. The van der Waals surface area contributed by atoms with Crippen molar-refractivity contribution in [3.05, 3.63) is 27.7 Å². The standard InChI is InChI=1S/C9H4BrClF5NO/c10-4-1-2-5(11)6(3-4)17-7(18)8(12,13)9(14,15)16/h1-3H,(H,17,18). The number of nitrogens with one attached hydrogen (secondary N) is 1. The number of alkyl halides is 5. The van der Waals surface area contributed by atoms with E-state index in [1.165, 1.54) is 17.4 Å². The van der Waals surface area contributed by atoms with Crippen LogP contribution >= 0.6 is 27.5 Å². The van der Waals surface area contributed by atoms with Crippen molar-refractivity contribution in [3.8, 4) is 0 Å². The molecule has 1 rings (SSSR count). The molecule has 0 spiro atoms. The summed E-state index contributed by atoms with van der Waals surface area (Å²) in [4.78, 5) is 10.9. The van der Waals surface area contributed by atoms with Gasteiger partial charge in [-0.3, -0.25) is 4.79 Å². The molecule has 0 aliphatic carbocycles. The van der Waals surface area contributed by atoms with Crippen LogP contribution in [0.1, 0.15) is 0 Å². The van der Waals surface area contributed by atoms with E-state index in [0.717, 1.165) is 6.07 Å². The lowest BCUT2D eigenvalue weighted by Crippen LogP contribution is -2.47. The van der Waals surface area contributed by atoms with Gasteiger partial charge in [-0.15, -0.1) is 0 Å². The third kappa shape index (κ3) is 3.11. The topological polar surface area (TPSA) is 29.1 Å². The fraction of sp³-hybridized carbons (Fsp3) is 0.222. The molecule has 0 unspecified atom stereocenters. The van der Waals surface area contributed by atoms with E-state index in [1.807, 2.05) is 0 Å². The Kier molecular flexibility index (Phi) is 4.22. The van der Waals surface area contributed by atoms with E-state index in [-0.39, 0.29) is 10.7 Å². The van der Waals surface area contributed by atoms with E-state index in [2.05, 4.69) is 15.9 Å².